The highest BCUT2D eigenvalue weighted by atomic mass is 32.2. The molecule has 0 aromatic heterocycles. The topological polar surface area (TPSA) is 131 Å². The highest BCUT2D eigenvalue weighted by molar-refractivity contribution is 7.92. The first-order valence-corrected chi connectivity index (χ1v) is 16.0. The lowest BCUT2D eigenvalue weighted by Crippen LogP contribution is -2.51. The van der Waals surface area contributed by atoms with Crippen LogP contribution in [0.25, 0.3) is 0 Å². The monoisotopic (exact) mass is 559 g/mol. The Balaban J connectivity index is 1.83. The zero-order chi connectivity index (χ0) is 28.1. The Morgan fingerprint density at radius 3 is 2.47 bits per heavy atom. The number of anilines is 2. The van der Waals surface area contributed by atoms with Crippen LogP contribution in [0.15, 0.2) is 47.2 Å². The Morgan fingerprint density at radius 1 is 1.16 bits per heavy atom. The van der Waals surface area contributed by atoms with Crippen LogP contribution >= 0.6 is 7.52 Å². The first-order chi connectivity index (χ1) is 17.6. The number of carbonyl (C=O) groups is 2. The van der Waals surface area contributed by atoms with Gasteiger partial charge in [-0.2, -0.15) is 4.76 Å². The molecule has 0 radical (unpaired) electrons. The Hall–Kier alpha value is -2.81. The average Bonchev–Trinajstić information content (AvgIpc) is 2.81. The first kappa shape index (κ1) is 28.2. The average molecular weight is 560 g/mol. The number of carbonyl (C=O) groups excluding carboxylic acids is 2. The number of hydrogen-bond acceptors (Lipinski definition) is 7. The quantitative estimate of drug-likeness (QED) is 0.364. The Bertz CT molecular complexity index is 1490. The zero-order valence-corrected chi connectivity index (χ0v) is 24.2. The number of benzene rings is 2. The summed E-state index contributed by atoms with van der Waals surface area (Å²) in [7, 11) is -7.53. The second kappa shape index (κ2) is 9.74. The molecule has 9 nitrogen and oxygen atoms in total. The molecule has 2 aromatic rings. The Morgan fingerprint density at radius 2 is 1.84 bits per heavy atom. The largest absolute Gasteiger partial charge is 0.348 e. The van der Waals surface area contributed by atoms with Crippen LogP contribution in [0.4, 0.5) is 11.4 Å². The van der Waals surface area contributed by atoms with Gasteiger partial charge in [-0.1, -0.05) is 45.0 Å². The lowest BCUT2D eigenvalue weighted by atomic mass is 9.62. The fourth-order valence-corrected chi connectivity index (χ4v) is 7.34. The van der Waals surface area contributed by atoms with Gasteiger partial charge in [0, 0.05) is 11.3 Å². The molecule has 11 heteroatoms. The van der Waals surface area contributed by atoms with E-state index in [9.17, 15) is 22.6 Å². The van der Waals surface area contributed by atoms with Crippen molar-refractivity contribution in [3.8, 4) is 0 Å². The highest BCUT2D eigenvalue weighted by Crippen LogP contribution is 2.53. The van der Waals surface area contributed by atoms with Crippen molar-refractivity contribution >= 4 is 51.6 Å². The highest BCUT2D eigenvalue weighted by Gasteiger charge is 2.52. The van der Waals surface area contributed by atoms with Gasteiger partial charge in [0.25, 0.3) is 0 Å². The van der Waals surface area contributed by atoms with Crippen LogP contribution in [-0.2, 0) is 29.3 Å². The van der Waals surface area contributed by atoms with Crippen LogP contribution < -0.4 is 15.3 Å². The van der Waals surface area contributed by atoms with Crippen molar-refractivity contribution in [1.82, 2.24) is 0 Å². The van der Waals surface area contributed by atoms with Gasteiger partial charge >= 0.3 is 7.52 Å². The summed E-state index contributed by atoms with van der Waals surface area (Å²) in [6, 6.07) is 11.6. The van der Waals surface area contributed by atoms with E-state index in [1.807, 2.05) is 19.1 Å². The molecule has 2 aliphatic rings. The lowest BCUT2D eigenvalue weighted by molar-refractivity contribution is -0.125. The summed E-state index contributed by atoms with van der Waals surface area (Å²) in [5.74, 6) is -2.03. The van der Waals surface area contributed by atoms with Crippen molar-refractivity contribution < 1.29 is 27.1 Å². The van der Waals surface area contributed by atoms with Crippen molar-refractivity contribution in [2.75, 3.05) is 22.9 Å². The van der Waals surface area contributed by atoms with E-state index in [2.05, 4.69) is 35.6 Å². The molecule has 0 bridgehead atoms. The summed E-state index contributed by atoms with van der Waals surface area (Å²) >= 11 is 0. The zero-order valence-electron chi connectivity index (χ0n) is 22.5. The standard InChI is InChI=1S/C27H34N3O6PS/c1-7-36-37(33)21-16-17(30-38(6,34)35)12-13-20(21)28-25(29-37)22-23(31)18-10-8-9-11-19(18)27(5,24(22)32)15-14-26(2,3)4/h8-13,16,22,30H,7,14-15H2,1-6H3,(H,28,29,33). The minimum Gasteiger partial charge on any atom is -0.342 e. The third-order valence-electron chi connectivity index (χ3n) is 6.92. The molecule has 0 amide bonds. The number of fused-ring (bicyclic) bond motifs is 2. The molecule has 204 valence electrons. The summed E-state index contributed by atoms with van der Waals surface area (Å²) in [6.45, 7) is 9.89. The van der Waals surface area contributed by atoms with E-state index >= 15 is 0 Å². The van der Waals surface area contributed by atoms with Gasteiger partial charge in [0.1, 0.15) is 11.8 Å². The van der Waals surface area contributed by atoms with E-state index in [-0.39, 0.29) is 34.6 Å². The van der Waals surface area contributed by atoms with Crippen molar-refractivity contribution in [3.63, 3.8) is 0 Å². The fourth-order valence-electron chi connectivity index (χ4n) is 4.95. The van der Waals surface area contributed by atoms with Crippen LogP contribution in [0.1, 0.15) is 63.4 Å². The molecular formula is C27H34N3O6PS. The predicted octanol–water partition coefficient (Wildman–Crippen LogP) is 4.90. The third-order valence-corrected chi connectivity index (χ3v) is 9.59. The molecule has 3 atom stereocenters. The predicted molar refractivity (Wildman–Crippen MR) is 150 cm³/mol. The van der Waals surface area contributed by atoms with Crippen molar-refractivity contribution in [2.24, 2.45) is 16.1 Å². The van der Waals surface area contributed by atoms with E-state index in [0.29, 0.717) is 23.2 Å². The van der Waals surface area contributed by atoms with Crippen LogP contribution in [0.3, 0.4) is 0 Å². The van der Waals surface area contributed by atoms with Gasteiger partial charge in [0.2, 0.25) is 10.0 Å². The van der Waals surface area contributed by atoms with Gasteiger partial charge in [-0.15, -0.1) is 0 Å². The maximum atomic E-state index is 14.2. The number of amidine groups is 1. The van der Waals surface area contributed by atoms with Gasteiger partial charge in [-0.05, 0) is 55.9 Å². The third kappa shape index (κ3) is 5.35. The molecule has 3 unspecified atom stereocenters. The molecular weight excluding hydrogens is 525 g/mol. The first-order valence-electron chi connectivity index (χ1n) is 12.5. The number of rotatable bonds is 7. The molecule has 0 spiro atoms. The second-order valence-corrected chi connectivity index (χ2v) is 15.0. The molecule has 1 aliphatic heterocycles. The van der Waals surface area contributed by atoms with Gasteiger partial charge in [0.15, 0.2) is 11.6 Å². The smallest absolute Gasteiger partial charge is 0.342 e. The second-order valence-electron chi connectivity index (χ2n) is 11.3. The normalized spacial score (nSPS) is 25.2. The fraction of sp³-hybridized carbons (Fsp3) is 0.444. The molecule has 0 fully saturated rings. The van der Waals surface area contributed by atoms with Crippen LogP contribution in [0.5, 0.6) is 0 Å². The summed E-state index contributed by atoms with van der Waals surface area (Å²) in [6.07, 6.45) is 2.29. The van der Waals surface area contributed by atoms with E-state index in [4.69, 9.17) is 4.52 Å². The number of Topliss-reactive ketones (excluding diaryl/α,β-unsaturated/α-hetero) is 2. The van der Waals surface area contributed by atoms with Crippen LogP contribution in [0.2, 0.25) is 0 Å². The van der Waals surface area contributed by atoms with E-state index < -0.39 is 34.7 Å². The van der Waals surface area contributed by atoms with Gasteiger partial charge < -0.3 is 9.84 Å². The van der Waals surface area contributed by atoms with Gasteiger partial charge in [-0.25, -0.2) is 8.42 Å². The summed E-state index contributed by atoms with van der Waals surface area (Å²) in [5, 5.41) is 3.21. The summed E-state index contributed by atoms with van der Waals surface area (Å²) < 4.78 is 49.9. The molecule has 2 N–H and O–H groups in total. The van der Waals surface area contributed by atoms with Crippen molar-refractivity contribution in [2.45, 2.75) is 52.9 Å². The molecule has 2 aromatic carbocycles. The summed E-state index contributed by atoms with van der Waals surface area (Å²) in [4.78, 5) is 27.9. The molecule has 1 aliphatic carbocycles. The van der Waals surface area contributed by atoms with Crippen molar-refractivity contribution in [1.29, 1.82) is 0 Å². The number of nitrogens with zero attached hydrogens (tertiary/aromatic N) is 1. The molecule has 1 heterocycles. The van der Waals surface area contributed by atoms with E-state index in [1.54, 1.807) is 19.1 Å². The molecule has 4 rings (SSSR count). The Labute approximate surface area is 224 Å². The number of sulfonamides is 1. The minimum atomic E-state index is -3.95. The molecule has 38 heavy (non-hydrogen) atoms. The van der Waals surface area contributed by atoms with Gasteiger partial charge in [0.05, 0.1) is 29.3 Å². The summed E-state index contributed by atoms with van der Waals surface area (Å²) in [5.41, 5.74) is 0.685. The SMILES string of the molecule is CCOP1(=O)N=C(C2C(=O)c3ccccc3C(C)(CCC(C)(C)C)C2=O)Nc2ccc(NS(C)(=O)=O)cc21. The maximum Gasteiger partial charge on any atom is 0.348 e. The maximum absolute atomic E-state index is 14.2. The lowest BCUT2D eigenvalue weighted by Gasteiger charge is -2.40. The van der Waals surface area contributed by atoms with Crippen molar-refractivity contribution in [3.05, 3.63) is 53.6 Å². The van der Waals surface area contributed by atoms with E-state index in [0.717, 1.165) is 12.7 Å². The minimum absolute atomic E-state index is 0.0235. The number of hydrogen-bond donors (Lipinski definition) is 2. The van der Waals surface area contributed by atoms with Gasteiger partial charge in [-0.3, -0.25) is 18.9 Å². The molecule has 0 saturated heterocycles. The van der Waals surface area contributed by atoms with Crippen LogP contribution in [-0.4, -0.2) is 38.7 Å². The van der Waals surface area contributed by atoms with Crippen LogP contribution in [0, 0.1) is 11.3 Å². The number of nitrogens with one attached hydrogen (secondary N) is 2. The Kier molecular flexibility index (Phi) is 7.23. The van der Waals surface area contributed by atoms with E-state index in [1.165, 1.54) is 18.2 Å². The number of ketones is 2. The molecule has 0 saturated carbocycles.